The molecular weight excluding hydrogens is 166 g/mol. The summed E-state index contributed by atoms with van der Waals surface area (Å²) in [6, 6.07) is -0.654. The lowest BCUT2D eigenvalue weighted by Crippen LogP contribution is -2.33. The van der Waals surface area contributed by atoms with Crippen molar-refractivity contribution in [1.29, 1.82) is 0 Å². The number of carboxylic acids is 1. The zero-order chi connectivity index (χ0) is 9.84. The monoisotopic (exact) mass is 185 g/mol. The van der Waals surface area contributed by atoms with E-state index in [2.05, 4.69) is 6.92 Å². The first-order valence-electron chi connectivity index (χ1n) is 5.08. The van der Waals surface area contributed by atoms with Crippen LogP contribution in [-0.4, -0.2) is 17.1 Å². The highest BCUT2D eigenvalue weighted by Gasteiger charge is 2.22. The number of carboxylic acid groups (broad SMARTS) is 1. The molecule has 1 aliphatic carbocycles. The first-order chi connectivity index (χ1) is 6.09. The molecule has 0 saturated heterocycles. The number of hydrogen-bond donors (Lipinski definition) is 2. The van der Waals surface area contributed by atoms with Gasteiger partial charge in [0, 0.05) is 0 Å². The van der Waals surface area contributed by atoms with Crippen molar-refractivity contribution in [2.75, 3.05) is 0 Å². The lowest BCUT2D eigenvalue weighted by atomic mass is 9.80. The molecule has 0 radical (unpaired) electrons. The summed E-state index contributed by atoms with van der Waals surface area (Å²) in [6.45, 7) is 2.26. The van der Waals surface area contributed by atoms with Crippen LogP contribution < -0.4 is 5.73 Å². The van der Waals surface area contributed by atoms with Crippen molar-refractivity contribution in [2.24, 2.45) is 17.6 Å². The van der Waals surface area contributed by atoms with Gasteiger partial charge in [-0.25, -0.2) is 0 Å². The van der Waals surface area contributed by atoms with E-state index in [1.807, 2.05) is 0 Å². The summed E-state index contributed by atoms with van der Waals surface area (Å²) in [6.07, 6.45) is 5.43. The highest BCUT2D eigenvalue weighted by atomic mass is 16.4. The fraction of sp³-hybridized carbons (Fsp3) is 0.900. The van der Waals surface area contributed by atoms with Gasteiger partial charge in [0.1, 0.15) is 6.04 Å². The van der Waals surface area contributed by atoms with Gasteiger partial charge < -0.3 is 10.8 Å². The second kappa shape index (κ2) is 4.61. The van der Waals surface area contributed by atoms with Crippen LogP contribution in [0.3, 0.4) is 0 Å². The molecule has 0 bridgehead atoms. The summed E-state index contributed by atoms with van der Waals surface area (Å²) in [5, 5.41) is 8.64. The normalized spacial score (nSPS) is 31.2. The summed E-state index contributed by atoms with van der Waals surface area (Å²) in [4.78, 5) is 10.5. The zero-order valence-corrected chi connectivity index (χ0v) is 8.20. The van der Waals surface area contributed by atoms with Gasteiger partial charge in [0.25, 0.3) is 0 Å². The number of hydrogen-bond acceptors (Lipinski definition) is 2. The van der Waals surface area contributed by atoms with Gasteiger partial charge in [-0.15, -0.1) is 0 Å². The minimum atomic E-state index is -0.862. The van der Waals surface area contributed by atoms with Crippen molar-refractivity contribution in [3.63, 3.8) is 0 Å². The van der Waals surface area contributed by atoms with E-state index in [4.69, 9.17) is 10.8 Å². The summed E-state index contributed by atoms with van der Waals surface area (Å²) < 4.78 is 0. The van der Waals surface area contributed by atoms with Crippen LogP contribution in [0, 0.1) is 11.8 Å². The molecule has 0 heterocycles. The van der Waals surface area contributed by atoms with Gasteiger partial charge in [-0.1, -0.05) is 32.6 Å². The van der Waals surface area contributed by atoms with Crippen molar-refractivity contribution >= 4 is 5.97 Å². The molecule has 1 aliphatic rings. The average Bonchev–Trinajstić information content (AvgIpc) is 2.08. The molecule has 0 aromatic heterocycles. The number of aliphatic carboxylic acids is 1. The Kier molecular flexibility index (Phi) is 3.72. The molecule has 1 rings (SSSR count). The maximum Gasteiger partial charge on any atom is 0.320 e. The van der Waals surface area contributed by atoms with Gasteiger partial charge in [0.15, 0.2) is 0 Å². The van der Waals surface area contributed by atoms with Crippen LogP contribution in [0.25, 0.3) is 0 Å². The van der Waals surface area contributed by atoms with Crippen molar-refractivity contribution in [1.82, 2.24) is 0 Å². The summed E-state index contributed by atoms with van der Waals surface area (Å²) in [5.41, 5.74) is 5.48. The molecule has 3 nitrogen and oxygen atoms in total. The smallest absolute Gasteiger partial charge is 0.320 e. The molecule has 1 fully saturated rings. The van der Waals surface area contributed by atoms with Gasteiger partial charge in [0.05, 0.1) is 0 Å². The summed E-state index contributed by atoms with van der Waals surface area (Å²) in [5.74, 6) is 0.498. The van der Waals surface area contributed by atoms with Crippen LogP contribution in [0.15, 0.2) is 0 Å². The number of carbonyl (C=O) groups is 1. The van der Waals surface area contributed by atoms with E-state index in [1.165, 1.54) is 12.8 Å². The Labute approximate surface area is 79.3 Å². The second-order valence-corrected chi connectivity index (χ2v) is 4.31. The van der Waals surface area contributed by atoms with Crippen LogP contribution in [0.4, 0.5) is 0 Å². The zero-order valence-electron chi connectivity index (χ0n) is 8.20. The quantitative estimate of drug-likeness (QED) is 0.702. The van der Waals surface area contributed by atoms with E-state index in [-0.39, 0.29) is 0 Å². The molecule has 0 aromatic rings. The molecule has 3 heteroatoms. The minimum absolute atomic E-state index is 0.544. The second-order valence-electron chi connectivity index (χ2n) is 4.31. The Morgan fingerprint density at radius 1 is 1.46 bits per heavy atom. The number of rotatable bonds is 3. The molecule has 0 aromatic carbocycles. The Morgan fingerprint density at radius 2 is 2.00 bits per heavy atom. The predicted octanol–water partition coefficient (Wildman–Crippen LogP) is 1.61. The van der Waals surface area contributed by atoms with Crippen LogP contribution in [0.5, 0.6) is 0 Å². The molecular formula is C10H19NO2. The van der Waals surface area contributed by atoms with Crippen molar-refractivity contribution in [2.45, 2.75) is 45.1 Å². The van der Waals surface area contributed by atoms with Crippen LogP contribution in [0.1, 0.15) is 39.0 Å². The lowest BCUT2D eigenvalue weighted by Gasteiger charge is -2.26. The first-order valence-corrected chi connectivity index (χ1v) is 5.08. The Bertz CT molecular complexity index is 174. The topological polar surface area (TPSA) is 63.3 Å². The standard InChI is InChI=1S/C10H19NO2/c1-7-2-4-8(5-3-7)6-9(11)10(12)13/h7-9H,2-6,11H2,1H3,(H,12,13)/t7?,8?,9-/m0/s1. The third-order valence-corrected chi connectivity index (χ3v) is 3.04. The molecule has 0 unspecified atom stereocenters. The largest absolute Gasteiger partial charge is 0.480 e. The minimum Gasteiger partial charge on any atom is -0.480 e. The highest BCUT2D eigenvalue weighted by Crippen LogP contribution is 2.30. The van der Waals surface area contributed by atoms with E-state index < -0.39 is 12.0 Å². The van der Waals surface area contributed by atoms with Crippen LogP contribution in [-0.2, 0) is 4.79 Å². The van der Waals surface area contributed by atoms with Crippen LogP contribution >= 0.6 is 0 Å². The fourth-order valence-electron chi connectivity index (χ4n) is 2.02. The van der Waals surface area contributed by atoms with E-state index >= 15 is 0 Å². The average molecular weight is 185 g/mol. The van der Waals surface area contributed by atoms with Gasteiger partial charge in [-0.3, -0.25) is 4.79 Å². The van der Waals surface area contributed by atoms with Crippen molar-refractivity contribution < 1.29 is 9.90 Å². The Balaban J connectivity index is 2.26. The molecule has 0 aliphatic heterocycles. The summed E-state index contributed by atoms with van der Waals surface area (Å²) in [7, 11) is 0. The van der Waals surface area contributed by atoms with Crippen LogP contribution in [0.2, 0.25) is 0 Å². The molecule has 76 valence electrons. The van der Waals surface area contributed by atoms with Gasteiger partial charge in [0.2, 0.25) is 0 Å². The molecule has 13 heavy (non-hydrogen) atoms. The molecule has 0 spiro atoms. The fourth-order valence-corrected chi connectivity index (χ4v) is 2.02. The third kappa shape index (κ3) is 3.35. The molecule has 1 atom stereocenters. The van der Waals surface area contributed by atoms with E-state index in [0.29, 0.717) is 12.3 Å². The van der Waals surface area contributed by atoms with Gasteiger partial charge in [-0.2, -0.15) is 0 Å². The third-order valence-electron chi connectivity index (χ3n) is 3.04. The van der Waals surface area contributed by atoms with Gasteiger partial charge >= 0.3 is 5.97 Å². The maximum absolute atomic E-state index is 10.5. The lowest BCUT2D eigenvalue weighted by molar-refractivity contribution is -0.139. The van der Waals surface area contributed by atoms with Crippen molar-refractivity contribution in [3.8, 4) is 0 Å². The maximum atomic E-state index is 10.5. The molecule has 3 N–H and O–H groups in total. The van der Waals surface area contributed by atoms with E-state index in [9.17, 15) is 4.79 Å². The van der Waals surface area contributed by atoms with E-state index in [1.54, 1.807) is 0 Å². The molecule has 1 saturated carbocycles. The Hall–Kier alpha value is -0.570. The van der Waals surface area contributed by atoms with Crippen molar-refractivity contribution in [3.05, 3.63) is 0 Å². The van der Waals surface area contributed by atoms with E-state index in [0.717, 1.165) is 18.8 Å². The first kappa shape index (κ1) is 10.5. The van der Waals surface area contributed by atoms with Gasteiger partial charge in [-0.05, 0) is 18.3 Å². The molecule has 0 amide bonds. The SMILES string of the molecule is CC1CCC(C[C@H](N)C(=O)O)CC1. The Morgan fingerprint density at radius 3 is 2.46 bits per heavy atom. The highest BCUT2D eigenvalue weighted by molar-refractivity contribution is 5.73. The summed E-state index contributed by atoms with van der Waals surface area (Å²) >= 11 is 0. The predicted molar refractivity (Wildman–Crippen MR) is 51.4 cm³/mol. The number of nitrogens with two attached hydrogens (primary N) is 1.